The first kappa shape index (κ1) is 16.8. The SMILES string of the molecule is CC1CN(Cc2cn3ccccc3c2C#N)CCN1Cc1nccn1C. The summed E-state index contributed by atoms with van der Waals surface area (Å²) in [6.07, 6.45) is 7.96. The number of fused-ring (bicyclic) bond motifs is 1. The van der Waals surface area contributed by atoms with E-state index in [-0.39, 0.29) is 0 Å². The van der Waals surface area contributed by atoms with Crippen molar-refractivity contribution in [2.45, 2.75) is 26.1 Å². The number of hydrogen-bond donors (Lipinski definition) is 0. The lowest BCUT2D eigenvalue weighted by molar-refractivity contribution is 0.0707. The Balaban J connectivity index is 1.45. The summed E-state index contributed by atoms with van der Waals surface area (Å²) < 4.78 is 4.14. The lowest BCUT2D eigenvalue weighted by atomic mass is 10.1. The molecule has 26 heavy (non-hydrogen) atoms. The first-order chi connectivity index (χ1) is 12.7. The van der Waals surface area contributed by atoms with Gasteiger partial charge in [-0.3, -0.25) is 9.80 Å². The van der Waals surface area contributed by atoms with Crippen molar-refractivity contribution in [3.05, 3.63) is 59.9 Å². The molecule has 4 rings (SSSR count). The summed E-state index contributed by atoms with van der Waals surface area (Å²) in [5.74, 6) is 1.11. The third-order valence-electron chi connectivity index (χ3n) is 5.38. The Hall–Kier alpha value is -2.62. The standard InChI is InChI=1S/C20H24N6/c1-16-12-24(9-10-25(16)15-20-22-6-8-23(20)2)13-17-14-26-7-4-3-5-19(26)18(17)11-21/h3-8,14,16H,9-10,12-13,15H2,1-2H3. The molecule has 1 aliphatic rings. The van der Waals surface area contributed by atoms with Crippen LogP contribution in [0.2, 0.25) is 0 Å². The molecule has 0 radical (unpaired) electrons. The molecule has 0 amide bonds. The van der Waals surface area contributed by atoms with Gasteiger partial charge in [0.2, 0.25) is 0 Å². The minimum Gasteiger partial charge on any atom is -0.337 e. The van der Waals surface area contributed by atoms with Gasteiger partial charge in [-0.05, 0) is 19.1 Å². The van der Waals surface area contributed by atoms with Gasteiger partial charge in [0.05, 0.1) is 17.6 Å². The van der Waals surface area contributed by atoms with E-state index in [0.29, 0.717) is 6.04 Å². The predicted octanol–water partition coefficient (Wildman–Crippen LogP) is 2.25. The molecule has 1 fully saturated rings. The van der Waals surface area contributed by atoms with Crippen LogP contribution in [0.4, 0.5) is 0 Å². The fourth-order valence-corrected chi connectivity index (χ4v) is 3.85. The number of hydrogen-bond acceptors (Lipinski definition) is 4. The highest BCUT2D eigenvalue weighted by Gasteiger charge is 2.25. The first-order valence-corrected chi connectivity index (χ1v) is 9.07. The maximum absolute atomic E-state index is 9.60. The van der Waals surface area contributed by atoms with Crippen molar-refractivity contribution in [1.29, 1.82) is 5.26 Å². The zero-order chi connectivity index (χ0) is 18.1. The van der Waals surface area contributed by atoms with Gasteiger partial charge in [0.15, 0.2) is 0 Å². The van der Waals surface area contributed by atoms with Crippen LogP contribution in [0.3, 0.4) is 0 Å². The van der Waals surface area contributed by atoms with E-state index in [1.165, 1.54) is 0 Å². The Bertz CT molecular complexity index is 947. The molecule has 3 aromatic rings. The lowest BCUT2D eigenvalue weighted by Crippen LogP contribution is -2.51. The van der Waals surface area contributed by atoms with Gasteiger partial charge >= 0.3 is 0 Å². The Morgan fingerprint density at radius 1 is 1.23 bits per heavy atom. The van der Waals surface area contributed by atoms with Crippen molar-refractivity contribution < 1.29 is 0 Å². The van der Waals surface area contributed by atoms with Gasteiger partial charge in [0.1, 0.15) is 11.9 Å². The molecule has 0 N–H and O–H groups in total. The second-order valence-electron chi connectivity index (χ2n) is 7.14. The third kappa shape index (κ3) is 3.12. The molecule has 134 valence electrons. The molecule has 1 unspecified atom stereocenters. The summed E-state index contributed by atoms with van der Waals surface area (Å²) in [5.41, 5.74) is 2.91. The van der Waals surface area contributed by atoms with Crippen molar-refractivity contribution in [2.75, 3.05) is 19.6 Å². The molecule has 0 spiro atoms. The zero-order valence-electron chi connectivity index (χ0n) is 15.3. The number of pyridine rings is 1. The largest absolute Gasteiger partial charge is 0.337 e. The second-order valence-corrected chi connectivity index (χ2v) is 7.14. The second kappa shape index (κ2) is 6.94. The Kier molecular flexibility index (Phi) is 4.49. The molecule has 0 aromatic carbocycles. The van der Waals surface area contributed by atoms with Crippen LogP contribution in [-0.2, 0) is 20.1 Å². The number of aryl methyl sites for hydroxylation is 1. The van der Waals surface area contributed by atoms with Crippen LogP contribution in [0, 0.1) is 11.3 Å². The van der Waals surface area contributed by atoms with Gasteiger partial charge in [0.25, 0.3) is 0 Å². The minimum atomic E-state index is 0.461. The van der Waals surface area contributed by atoms with Gasteiger partial charge in [-0.25, -0.2) is 4.98 Å². The molecular formula is C20H24N6. The fraction of sp³-hybridized carbons (Fsp3) is 0.400. The Morgan fingerprint density at radius 3 is 2.85 bits per heavy atom. The van der Waals surface area contributed by atoms with Crippen LogP contribution < -0.4 is 0 Å². The summed E-state index contributed by atoms with van der Waals surface area (Å²) in [6, 6.07) is 8.85. The maximum Gasteiger partial charge on any atom is 0.122 e. The first-order valence-electron chi connectivity index (χ1n) is 9.07. The topological polar surface area (TPSA) is 52.5 Å². The molecule has 1 atom stereocenters. The highest BCUT2D eigenvalue weighted by atomic mass is 15.3. The number of imidazole rings is 1. The molecule has 6 heteroatoms. The van der Waals surface area contributed by atoms with Crippen LogP contribution >= 0.6 is 0 Å². The average molecular weight is 348 g/mol. The van der Waals surface area contributed by atoms with Crippen molar-refractivity contribution in [2.24, 2.45) is 7.05 Å². The number of rotatable bonds is 4. The number of aromatic nitrogens is 3. The highest BCUT2D eigenvalue weighted by molar-refractivity contribution is 5.65. The van der Waals surface area contributed by atoms with E-state index in [2.05, 4.69) is 42.9 Å². The van der Waals surface area contributed by atoms with Crippen LogP contribution in [0.15, 0.2) is 43.0 Å². The van der Waals surface area contributed by atoms with Crippen LogP contribution in [0.5, 0.6) is 0 Å². The summed E-state index contributed by atoms with van der Waals surface area (Å²) in [6.45, 7) is 7.01. The van der Waals surface area contributed by atoms with E-state index in [1.807, 2.05) is 43.8 Å². The number of nitriles is 1. The maximum atomic E-state index is 9.60. The van der Waals surface area contributed by atoms with Gasteiger partial charge in [-0.2, -0.15) is 5.26 Å². The summed E-state index contributed by atoms with van der Waals surface area (Å²) in [7, 11) is 2.05. The zero-order valence-corrected chi connectivity index (χ0v) is 15.3. The molecular weight excluding hydrogens is 324 g/mol. The molecule has 4 heterocycles. The smallest absolute Gasteiger partial charge is 0.122 e. The monoisotopic (exact) mass is 348 g/mol. The highest BCUT2D eigenvalue weighted by Crippen LogP contribution is 2.21. The van der Waals surface area contributed by atoms with Crippen LogP contribution in [0.1, 0.15) is 23.9 Å². The van der Waals surface area contributed by atoms with E-state index in [0.717, 1.165) is 55.2 Å². The van der Waals surface area contributed by atoms with Crippen LogP contribution in [-0.4, -0.2) is 49.4 Å². The Morgan fingerprint density at radius 2 is 2.12 bits per heavy atom. The summed E-state index contributed by atoms with van der Waals surface area (Å²) in [4.78, 5) is 9.39. The summed E-state index contributed by atoms with van der Waals surface area (Å²) in [5, 5.41) is 9.60. The van der Waals surface area contributed by atoms with Gasteiger partial charge in [0, 0.05) is 69.6 Å². The predicted molar refractivity (Wildman–Crippen MR) is 100 cm³/mol. The van der Waals surface area contributed by atoms with Crippen molar-refractivity contribution in [3.8, 4) is 6.07 Å². The molecule has 6 nitrogen and oxygen atoms in total. The van der Waals surface area contributed by atoms with Gasteiger partial charge < -0.3 is 8.97 Å². The quantitative estimate of drug-likeness (QED) is 0.726. The molecule has 1 aliphatic heterocycles. The minimum absolute atomic E-state index is 0.461. The molecule has 1 saturated heterocycles. The van der Waals surface area contributed by atoms with Crippen molar-refractivity contribution >= 4 is 5.52 Å². The van der Waals surface area contributed by atoms with E-state index < -0.39 is 0 Å². The normalized spacial score (nSPS) is 19.0. The lowest BCUT2D eigenvalue weighted by Gasteiger charge is -2.39. The van der Waals surface area contributed by atoms with Gasteiger partial charge in [-0.15, -0.1) is 0 Å². The number of piperazine rings is 1. The number of nitrogens with zero attached hydrogens (tertiary/aromatic N) is 6. The van der Waals surface area contributed by atoms with Crippen molar-refractivity contribution in [3.63, 3.8) is 0 Å². The van der Waals surface area contributed by atoms with E-state index in [1.54, 1.807) is 0 Å². The molecule has 0 saturated carbocycles. The summed E-state index contributed by atoms with van der Waals surface area (Å²) >= 11 is 0. The van der Waals surface area contributed by atoms with E-state index in [9.17, 15) is 5.26 Å². The molecule has 0 aliphatic carbocycles. The van der Waals surface area contributed by atoms with E-state index in [4.69, 9.17) is 0 Å². The van der Waals surface area contributed by atoms with E-state index >= 15 is 0 Å². The fourth-order valence-electron chi connectivity index (χ4n) is 3.85. The van der Waals surface area contributed by atoms with Crippen LogP contribution in [0.25, 0.3) is 5.52 Å². The molecule has 3 aromatic heterocycles. The molecule has 0 bridgehead atoms. The third-order valence-corrected chi connectivity index (χ3v) is 5.38. The Labute approximate surface area is 153 Å². The average Bonchev–Trinajstić information content (AvgIpc) is 3.20. The van der Waals surface area contributed by atoms with Crippen molar-refractivity contribution in [1.82, 2.24) is 23.8 Å². The van der Waals surface area contributed by atoms with Gasteiger partial charge in [-0.1, -0.05) is 6.07 Å².